The first kappa shape index (κ1) is 19.3. The minimum atomic E-state index is -0.164. The van der Waals surface area contributed by atoms with Gasteiger partial charge in [-0.25, -0.2) is 0 Å². The number of aryl methyl sites for hydroxylation is 1. The van der Waals surface area contributed by atoms with Gasteiger partial charge in [-0.15, -0.1) is 0 Å². The number of nitrogens with zero attached hydrogens (tertiary/aromatic N) is 1. The molecule has 0 radical (unpaired) electrons. The van der Waals surface area contributed by atoms with Crippen molar-refractivity contribution in [3.63, 3.8) is 0 Å². The van der Waals surface area contributed by atoms with E-state index in [0.717, 1.165) is 18.4 Å². The fourth-order valence-electron chi connectivity index (χ4n) is 3.92. The Labute approximate surface area is 170 Å². The Bertz CT molecular complexity index is 921. The summed E-state index contributed by atoms with van der Waals surface area (Å²) in [5, 5.41) is 13.2. The number of methoxy groups -OCH3 is 1. The molecule has 1 aliphatic heterocycles. The summed E-state index contributed by atoms with van der Waals surface area (Å²) in [5.74, 6) is 0.346. The molecule has 29 heavy (non-hydrogen) atoms. The second-order valence-electron chi connectivity index (χ2n) is 8.00. The number of rotatable bonds is 5. The van der Waals surface area contributed by atoms with Gasteiger partial charge in [0.25, 0.3) is 5.91 Å². The number of hydrogen-bond acceptors (Lipinski definition) is 4. The number of phenols is 1. The number of amides is 2. The molecule has 2 aromatic rings. The van der Waals surface area contributed by atoms with E-state index >= 15 is 0 Å². The maximum atomic E-state index is 13.1. The second-order valence-corrected chi connectivity index (χ2v) is 8.00. The van der Waals surface area contributed by atoms with Crippen molar-refractivity contribution in [1.82, 2.24) is 10.2 Å². The molecule has 6 heteroatoms. The number of benzene rings is 2. The minimum absolute atomic E-state index is 0.0362. The molecule has 1 saturated carbocycles. The van der Waals surface area contributed by atoms with Crippen molar-refractivity contribution in [2.24, 2.45) is 5.92 Å². The molecule has 0 unspecified atom stereocenters. The van der Waals surface area contributed by atoms with Crippen LogP contribution >= 0.6 is 0 Å². The van der Waals surface area contributed by atoms with Crippen molar-refractivity contribution in [1.29, 1.82) is 0 Å². The summed E-state index contributed by atoms with van der Waals surface area (Å²) in [4.78, 5) is 27.2. The van der Waals surface area contributed by atoms with Gasteiger partial charge >= 0.3 is 0 Å². The first-order chi connectivity index (χ1) is 14.0. The zero-order chi connectivity index (χ0) is 20.5. The predicted molar refractivity (Wildman–Crippen MR) is 109 cm³/mol. The number of carbonyl (C=O) groups is 2. The summed E-state index contributed by atoms with van der Waals surface area (Å²) in [7, 11) is 1.47. The molecule has 0 aromatic heterocycles. The number of ether oxygens (including phenoxy) is 1. The second kappa shape index (κ2) is 7.78. The van der Waals surface area contributed by atoms with Gasteiger partial charge in [-0.2, -0.15) is 0 Å². The van der Waals surface area contributed by atoms with Crippen LogP contribution in [0, 0.1) is 12.8 Å². The molecule has 1 heterocycles. The quantitative estimate of drug-likeness (QED) is 0.817. The van der Waals surface area contributed by atoms with Crippen LogP contribution in [0.15, 0.2) is 42.5 Å². The molecule has 1 aliphatic carbocycles. The lowest BCUT2D eigenvalue weighted by Gasteiger charge is -2.20. The number of aromatic hydroxyl groups is 1. The normalized spacial score (nSPS) is 21.1. The maximum Gasteiger partial charge on any atom is 0.254 e. The highest BCUT2D eigenvalue weighted by Crippen LogP contribution is 2.33. The lowest BCUT2D eigenvalue weighted by molar-refractivity contribution is -0.123. The molecule has 1 saturated heterocycles. The SMILES string of the molecule is COc1ccc(C(=O)N2C[C@@H](NC(=O)C3CC3)[C@H](c3ccc(C)cc3)C2)cc1O. The van der Waals surface area contributed by atoms with E-state index in [4.69, 9.17) is 4.74 Å². The zero-order valence-electron chi connectivity index (χ0n) is 16.7. The standard InChI is InChI=1S/C23H26N2O4/c1-14-3-5-15(6-4-14)18-12-25(13-19(18)24-22(27)16-7-8-16)23(28)17-9-10-21(29-2)20(26)11-17/h3-6,9-11,16,18-19,26H,7-8,12-13H2,1-2H3,(H,24,27)/t18-,19+/m0/s1. The lowest BCUT2D eigenvalue weighted by Crippen LogP contribution is -2.41. The summed E-state index contributed by atoms with van der Waals surface area (Å²) in [6.07, 6.45) is 1.89. The first-order valence-corrected chi connectivity index (χ1v) is 9.99. The average molecular weight is 394 g/mol. The van der Waals surface area contributed by atoms with E-state index in [-0.39, 0.29) is 35.4 Å². The van der Waals surface area contributed by atoms with E-state index in [0.29, 0.717) is 24.4 Å². The molecule has 4 rings (SSSR count). The van der Waals surface area contributed by atoms with Crippen LogP contribution in [0.5, 0.6) is 11.5 Å². The van der Waals surface area contributed by atoms with Crippen molar-refractivity contribution in [3.05, 3.63) is 59.2 Å². The largest absolute Gasteiger partial charge is 0.504 e. The van der Waals surface area contributed by atoms with Gasteiger partial charge in [0.15, 0.2) is 11.5 Å². The van der Waals surface area contributed by atoms with Crippen LogP contribution in [-0.2, 0) is 4.79 Å². The van der Waals surface area contributed by atoms with Crippen LogP contribution in [0.1, 0.15) is 40.2 Å². The van der Waals surface area contributed by atoms with Gasteiger partial charge in [0, 0.05) is 30.5 Å². The van der Waals surface area contributed by atoms with Crippen LogP contribution in [0.25, 0.3) is 0 Å². The fourth-order valence-corrected chi connectivity index (χ4v) is 3.92. The molecule has 2 atom stereocenters. The van der Waals surface area contributed by atoms with Gasteiger partial charge in [-0.1, -0.05) is 29.8 Å². The maximum absolute atomic E-state index is 13.1. The van der Waals surface area contributed by atoms with Crippen molar-refractivity contribution in [2.45, 2.75) is 31.7 Å². The van der Waals surface area contributed by atoms with Crippen LogP contribution in [0.4, 0.5) is 0 Å². The highest BCUT2D eigenvalue weighted by Gasteiger charge is 2.40. The third kappa shape index (κ3) is 4.06. The van der Waals surface area contributed by atoms with E-state index in [9.17, 15) is 14.7 Å². The summed E-state index contributed by atoms with van der Waals surface area (Å²) in [6.45, 7) is 3.00. The minimum Gasteiger partial charge on any atom is -0.504 e. The molecule has 0 bridgehead atoms. The summed E-state index contributed by atoms with van der Waals surface area (Å²) >= 11 is 0. The molecule has 2 amide bonds. The number of phenolic OH excluding ortho intramolecular Hbond substituents is 1. The van der Waals surface area contributed by atoms with E-state index < -0.39 is 0 Å². The summed E-state index contributed by atoms with van der Waals surface area (Å²) in [5.41, 5.74) is 2.69. The van der Waals surface area contributed by atoms with Gasteiger partial charge in [-0.05, 0) is 43.5 Å². The third-order valence-corrected chi connectivity index (χ3v) is 5.81. The molecule has 2 N–H and O–H groups in total. The van der Waals surface area contributed by atoms with Gasteiger partial charge in [-0.3, -0.25) is 9.59 Å². The molecule has 0 spiro atoms. The van der Waals surface area contributed by atoms with E-state index in [1.807, 2.05) is 6.92 Å². The van der Waals surface area contributed by atoms with Crippen LogP contribution in [0.2, 0.25) is 0 Å². The highest BCUT2D eigenvalue weighted by molar-refractivity contribution is 5.95. The van der Waals surface area contributed by atoms with Gasteiger partial charge in [0.1, 0.15) is 0 Å². The third-order valence-electron chi connectivity index (χ3n) is 5.81. The van der Waals surface area contributed by atoms with Gasteiger partial charge in [0.2, 0.25) is 5.91 Å². The number of nitrogens with one attached hydrogen (secondary N) is 1. The topological polar surface area (TPSA) is 78.9 Å². The molecule has 2 fully saturated rings. The average Bonchev–Trinajstić information content (AvgIpc) is 3.49. The monoisotopic (exact) mass is 394 g/mol. The Morgan fingerprint density at radius 3 is 2.45 bits per heavy atom. The van der Waals surface area contributed by atoms with Gasteiger partial charge < -0.3 is 20.1 Å². The summed E-state index contributed by atoms with van der Waals surface area (Å²) < 4.78 is 5.06. The van der Waals surface area contributed by atoms with Gasteiger partial charge in [0.05, 0.1) is 13.2 Å². The molecule has 6 nitrogen and oxygen atoms in total. The molecular weight excluding hydrogens is 368 g/mol. The number of carbonyl (C=O) groups excluding carboxylic acids is 2. The fraction of sp³-hybridized carbons (Fsp3) is 0.391. The predicted octanol–water partition coefficient (Wildman–Crippen LogP) is 2.84. The molecule has 152 valence electrons. The number of likely N-dealkylation sites (tertiary alicyclic amines) is 1. The van der Waals surface area contributed by atoms with Crippen molar-refractivity contribution in [2.75, 3.05) is 20.2 Å². The lowest BCUT2D eigenvalue weighted by atomic mass is 9.93. The first-order valence-electron chi connectivity index (χ1n) is 9.99. The van der Waals surface area contributed by atoms with E-state index in [1.54, 1.807) is 17.0 Å². The smallest absolute Gasteiger partial charge is 0.254 e. The Balaban J connectivity index is 1.56. The highest BCUT2D eigenvalue weighted by atomic mass is 16.5. The van der Waals surface area contributed by atoms with Crippen molar-refractivity contribution >= 4 is 11.8 Å². The van der Waals surface area contributed by atoms with Crippen molar-refractivity contribution in [3.8, 4) is 11.5 Å². The number of hydrogen-bond donors (Lipinski definition) is 2. The molecular formula is C23H26N2O4. The Morgan fingerprint density at radius 2 is 1.83 bits per heavy atom. The van der Waals surface area contributed by atoms with E-state index in [2.05, 4.69) is 29.6 Å². The van der Waals surface area contributed by atoms with Crippen LogP contribution < -0.4 is 10.1 Å². The van der Waals surface area contributed by atoms with E-state index in [1.165, 1.54) is 18.7 Å². The Kier molecular flexibility index (Phi) is 5.18. The van der Waals surface area contributed by atoms with Crippen LogP contribution in [0.3, 0.4) is 0 Å². The van der Waals surface area contributed by atoms with Crippen molar-refractivity contribution < 1.29 is 19.4 Å². The summed E-state index contributed by atoms with van der Waals surface area (Å²) in [6, 6.07) is 12.8. The molecule has 2 aromatic carbocycles. The Hall–Kier alpha value is -3.02. The Morgan fingerprint density at radius 1 is 1.10 bits per heavy atom. The van der Waals surface area contributed by atoms with Crippen LogP contribution in [-0.4, -0.2) is 48.1 Å². The zero-order valence-corrected chi connectivity index (χ0v) is 16.7. The molecule has 2 aliphatic rings.